The summed E-state index contributed by atoms with van der Waals surface area (Å²) in [5.74, 6) is 6.82. The number of unbranched alkanes of at least 4 members (excludes halogenated alkanes) is 2. The predicted molar refractivity (Wildman–Crippen MR) is 76.6 cm³/mol. The van der Waals surface area contributed by atoms with Crippen molar-refractivity contribution >= 4 is 11.8 Å². The van der Waals surface area contributed by atoms with E-state index in [0.29, 0.717) is 12.0 Å². The van der Waals surface area contributed by atoms with E-state index in [0.717, 1.165) is 17.9 Å². The summed E-state index contributed by atoms with van der Waals surface area (Å²) in [7, 11) is 0. The number of nitrogen functional groups attached to an aromatic ring is 1. The Kier molecular flexibility index (Phi) is 5.85. The summed E-state index contributed by atoms with van der Waals surface area (Å²) in [6.07, 6.45) is 5.47. The predicted octanol–water partition coefficient (Wildman–Crippen LogP) is 2.48. The summed E-state index contributed by atoms with van der Waals surface area (Å²) in [6.45, 7) is 9.64. The maximum absolute atomic E-state index is 5.37. The Morgan fingerprint density at radius 3 is 2.67 bits per heavy atom. The zero-order valence-electron chi connectivity index (χ0n) is 11.9. The second-order valence-corrected chi connectivity index (χ2v) is 4.84. The lowest BCUT2D eigenvalue weighted by Crippen LogP contribution is -2.33. The van der Waals surface area contributed by atoms with Crippen molar-refractivity contribution in [1.29, 1.82) is 0 Å². The lowest BCUT2D eigenvalue weighted by molar-refractivity contribution is 0.618. The molecule has 0 aliphatic heterocycles. The third-order valence-corrected chi connectivity index (χ3v) is 2.97. The smallest absolute Gasteiger partial charge is 0.239 e. The highest BCUT2D eigenvalue weighted by Gasteiger charge is 2.15. The molecule has 0 aromatic carbocycles. The van der Waals surface area contributed by atoms with Crippen LogP contribution in [0.2, 0.25) is 0 Å². The third kappa shape index (κ3) is 3.84. The number of nitrogens with one attached hydrogen (secondary N) is 1. The van der Waals surface area contributed by atoms with Gasteiger partial charge in [-0.05, 0) is 27.2 Å². The van der Waals surface area contributed by atoms with E-state index in [1.54, 1.807) is 0 Å². The summed E-state index contributed by atoms with van der Waals surface area (Å²) < 4.78 is 0. The van der Waals surface area contributed by atoms with Crippen LogP contribution in [0.4, 0.5) is 11.8 Å². The van der Waals surface area contributed by atoms with Crippen LogP contribution in [0.25, 0.3) is 0 Å². The fourth-order valence-corrected chi connectivity index (χ4v) is 1.93. The molecule has 5 nitrogen and oxygen atoms in total. The van der Waals surface area contributed by atoms with Crippen LogP contribution in [-0.4, -0.2) is 22.6 Å². The molecule has 0 saturated carbocycles. The van der Waals surface area contributed by atoms with Crippen LogP contribution in [0.15, 0.2) is 6.20 Å². The second kappa shape index (κ2) is 7.16. The number of anilines is 2. The summed E-state index contributed by atoms with van der Waals surface area (Å²) in [6, 6.07) is 0.418. The van der Waals surface area contributed by atoms with Crippen molar-refractivity contribution in [2.24, 2.45) is 5.84 Å². The van der Waals surface area contributed by atoms with Crippen LogP contribution < -0.4 is 16.2 Å². The van der Waals surface area contributed by atoms with Crippen molar-refractivity contribution in [1.82, 2.24) is 9.97 Å². The third-order valence-electron chi connectivity index (χ3n) is 2.97. The first-order valence-corrected chi connectivity index (χ1v) is 6.67. The minimum absolute atomic E-state index is 0.418. The first-order chi connectivity index (χ1) is 8.60. The number of nitrogens with zero attached hydrogens (tertiary/aromatic N) is 3. The first kappa shape index (κ1) is 14.7. The Morgan fingerprint density at radius 2 is 2.11 bits per heavy atom. The van der Waals surface area contributed by atoms with E-state index in [1.165, 1.54) is 19.3 Å². The van der Waals surface area contributed by atoms with Gasteiger partial charge in [0.15, 0.2) is 0 Å². The van der Waals surface area contributed by atoms with Crippen LogP contribution in [0.5, 0.6) is 0 Å². The van der Waals surface area contributed by atoms with Crippen LogP contribution >= 0.6 is 0 Å². The number of nitrogens with two attached hydrogens (primary N) is 1. The van der Waals surface area contributed by atoms with E-state index in [1.807, 2.05) is 13.1 Å². The van der Waals surface area contributed by atoms with Gasteiger partial charge in [-0.15, -0.1) is 0 Å². The van der Waals surface area contributed by atoms with Crippen molar-refractivity contribution < 1.29 is 0 Å². The Labute approximate surface area is 110 Å². The van der Waals surface area contributed by atoms with Gasteiger partial charge in [0.05, 0.1) is 0 Å². The molecule has 0 amide bonds. The van der Waals surface area contributed by atoms with Gasteiger partial charge < -0.3 is 4.90 Å². The molecule has 1 aromatic heterocycles. The van der Waals surface area contributed by atoms with Crippen molar-refractivity contribution in [3.63, 3.8) is 0 Å². The Morgan fingerprint density at radius 1 is 1.39 bits per heavy atom. The van der Waals surface area contributed by atoms with E-state index in [9.17, 15) is 0 Å². The molecule has 1 heterocycles. The van der Waals surface area contributed by atoms with Gasteiger partial charge in [-0.25, -0.2) is 10.8 Å². The molecule has 0 saturated heterocycles. The largest absolute Gasteiger partial charge is 0.354 e. The normalized spacial score (nSPS) is 10.8. The van der Waals surface area contributed by atoms with Gasteiger partial charge in [0.1, 0.15) is 5.82 Å². The Hall–Kier alpha value is -1.36. The maximum Gasteiger partial charge on any atom is 0.239 e. The van der Waals surface area contributed by atoms with Crippen LogP contribution in [0.3, 0.4) is 0 Å². The van der Waals surface area contributed by atoms with Crippen LogP contribution in [-0.2, 0) is 0 Å². The molecule has 1 rings (SSSR count). The summed E-state index contributed by atoms with van der Waals surface area (Å²) in [5.41, 5.74) is 3.59. The molecule has 102 valence electrons. The highest BCUT2D eigenvalue weighted by Crippen LogP contribution is 2.20. The first-order valence-electron chi connectivity index (χ1n) is 6.67. The quantitative estimate of drug-likeness (QED) is 0.443. The standard InChI is InChI=1S/C13H25N5/c1-5-6-7-8-18(10(2)3)12-11(4)9-15-13(16-12)17-14/h9-10H,5-8,14H2,1-4H3,(H,15,16,17). The summed E-state index contributed by atoms with van der Waals surface area (Å²) >= 11 is 0. The van der Waals surface area contributed by atoms with E-state index >= 15 is 0 Å². The fourth-order valence-electron chi connectivity index (χ4n) is 1.93. The van der Waals surface area contributed by atoms with Crippen molar-refractivity contribution in [2.75, 3.05) is 16.9 Å². The van der Waals surface area contributed by atoms with E-state index < -0.39 is 0 Å². The molecule has 0 aliphatic carbocycles. The highest BCUT2D eigenvalue weighted by atomic mass is 15.3. The minimum Gasteiger partial charge on any atom is -0.354 e. The Bertz CT molecular complexity index is 364. The molecule has 0 fully saturated rings. The van der Waals surface area contributed by atoms with E-state index in [2.05, 4.69) is 41.1 Å². The highest BCUT2D eigenvalue weighted by molar-refractivity contribution is 5.49. The number of hydrogen-bond acceptors (Lipinski definition) is 5. The molecule has 0 spiro atoms. The van der Waals surface area contributed by atoms with Crippen molar-refractivity contribution in [2.45, 2.75) is 53.0 Å². The number of hydrogen-bond donors (Lipinski definition) is 2. The molecule has 0 aliphatic rings. The van der Waals surface area contributed by atoms with Gasteiger partial charge in [0.25, 0.3) is 0 Å². The lowest BCUT2D eigenvalue weighted by Gasteiger charge is -2.29. The molecule has 0 atom stereocenters. The minimum atomic E-state index is 0.418. The van der Waals surface area contributed by atoms with Crippen LogP contribution in [0.1, 0.15) is 45.6 Å². The molecule has 3 N–H and O–H groups in total. The molecular weight excluding hydrogens is 226 g/mol. The van der Waals surface area contributed by atoms with Gasteiger partial charge in [0, 0.05) is 24.3 Å². The summed E-state index contributed by atoms with van der Waals surface area (Å²) in [5, 5.41) is 0. The number of aromatic nitrogens is 2. The summed E-state index contributed by atoms with van der Waals surface area (Å²) in [4.78, 5) is 10.9. The number of aryl methyl sites for hydroxylation is 1. The van der Waals surface area contributed by atoms with Gasteiger partial charge in [-0.1, -0.05) is 19.8 Å². The van der Waals surface area contributed by atoms with E-state index in [4.69, 9.17) is 5.84 Å². The van der Waals surface area contributed by atoms with Crippen molar-refractivity contribution in [3.05, 3.63) is 11.8 Å². The number of rotatable bonds is 7. The topological polar surface area (TPSA) is 67.1 Å². The van der Waals surface area contributed by atoms with Gasteiger partial charge in [-0.2, -0.15) is 4.98 Å². The molecule has 0 unspecified atom stereocenters. The van der Waals surface area contributed by atoms with Gasteiger partial charge in [0.2, 0.25) is 5.95 Å². The van der Waals surface area contributed by atoms with E-state index in [-0.39, 0.29) is 0 Å². The van der Waals surface area contributed by atoms with Crippen molar-refractivity contribution in [3.8, 4) is 0 Å². The molecule has 1 aromatic rings. The lowest BCUT2D eigenvalue weighted by atomic mass is 10.2. The van der Waals surface area contributed by atoms with Crippen LogP contribution in [0, 0.1) is 6.92 Å². The second-order valence-electron chi connectivity index (χ2n) is 4.84. The Balaban J connectivity index is 2.90. The molecule has 5 heteroatoms. The molecule has 0 bridgehead atoms. The monoisotopic (exact) mass is 251 g/mol. The molecule has 0 radical (unpaired) electrons. The fraction of sp³-hybridized carbons (Fsp3) is 0.692. The molecular formula is C13H25N5. The average molecular weight is 251 g/mol. The zero-order valence-corrected chi connectivity index (χ0v) is 11.9. The number of hydrazine groups is 1. The zero-order chi connectivity index (χ0) is 13.5. The maximum atomic E-state index is 5.37. The SMILES string of the molecule is CCCCCN(c1nc(NN)ncc1C)C(C)C. The molecule has 18 heavy (non-hydrogen) atoms. The van der Waals surface area contributed by atoms with Gasteiger partial charge >= 0.3 is 0 Å². The average Bonchev–Trinajstić information content (AvgIpc) is 2.35. The van der Waals surface area contributed by atoms with Gasteiger partial charge in [-0.3, -0.25) is 5.43 Å².